The van der Waals surface area contributed by atoms with Gasteiger partial charge in [-0.05, 0) is 142 Å². The Kier molecular flexibility index (Phi) is 17.5. The fraction of sp³-hybridized carbons (Fsp3) is 1.00. The van der Waals surface area contributed by atoms with E-state index in [2.05, 4.69) is 37.1 Å². The van der Waals surface area contributed by atoms with Crippen molar-refractivity contribution in [2.24, 2.45) is 58.2 Å². The van der Waals surface area contributed by atoms with Crippen LogP contribution < -0.4 is 45.9 Å². The van der Waals surface area contributed by atoms with Crippen LogP contribution in [0.15, 0.2) is 0 Å². The molecule has 0 aromatic heterocycles. The minimum Gasteiger partial charge on any atom is -0.726 e. The Hall–Kier alpha value is 0.750. The Morgan fingerprint density at radius 3 is 2.06 bits per heavy atom. The van der Waals surface area contributed by atoms with Crippen molar-refractivity contribution in [1.82, 2.24) is 0 Å². The number of fused-ring (bicyclic) bond motifs is 5. The van der Waals surface area contributed by atoms with Gasteiger partial charge in [0, 0.05) is 19.3 Å². The molecule has 4 aliphatic carbocycles. The predicted octanol–water partition coefficient (Wildman–Crippen LogP) is 1.89. The molecule has 0 saturated heterocycles. The molecule has 7 nitrogen and oxygen atoms in total. The largest absolute Gasteiger partial charge is 1.00 e. The molecule has 9 heteroatoms. The van der Waals surface area contributed by atoms with E-state index in [0.717, 1.165) is 42.6 Å². The van der Waals surface area contributed by atoms with Crippen molar-refractivity contribution < 1.29 is 63.1 Å². The van der Waals surface area contributed by atoms with E-state index in [1.807, 2.05) is 13.8 Å². The van der Waals surface area contributed by atoms with Gasteiger partial charge in [-0.25, -0.2) is 8.42 Å². The van der Waals surface area contributed by atoms with Gasteiger partial charge in [0.1, 0.15) is 0 Å². The van der Waals surface area contributed by atoms with Gasteiger partial charge in [0.25, 0.3) is 0 Å². The summed E-state index contributed by atoms with van der Waals surface area (Å²) in [6.45, 7) is 17.8. The van der Waals surface area contributed by atoms with Crippen molar-refractivity contribution in [3.05, 3.63) is 0 Å². The van der Waals surface area contributed by atoms with Crippen LogP contribution >= 0.6 is 0 Å². The van der Waals surface area contributed by atoms with Crippen molar-refractivity contribution in [1.29, 1.82) is 0 Å². The number of quaternary nitrogens is 3. The van der Waals surface area contributed by atoms with Crippen molar-refractivity contribution in [2.75, 3.05) is 32.7 Å². The molecule has 4 unspecified atom stereocenters. The molecule has 0 aromatic rings. The molecule has 4 saturated carbocycles. The van der Waals surface area contributed by atoms with Gasteiger partial charge in [-0.2, -0.15) is 0 Å². The first-order valence-electron chi connectivity index (χ1n) is 20.0. The van der Waals surface area contributed by atoms with Crippen molar-refractivity contribution in [3.8, 4) is 0 Å². The van der Waals surface area contributed by atoms with Crippen LogP contribution in [0.2, 0.25) is 0 Å². The van der Waals surface area contributed by atoms with Gasteiger partial charge in [0.05, 0.1) is 38.8 Å². The first-order valence-corrected chi connectivity index (χ1v) is 21.3. The van der Waals surface area contributed by atoms with Crippen LogP contribution in [0.25, 0.3) is 0 Å². The van der Waals surface area contributed by atoms with Gasteiger partial charge in [-0.3, -0.25) is 4.18 Å². The molecule has 47 heavy (non-hydrogen) atoms. The summed E-state index contributed by atoms with van der Waals surface area (Å²) in [7, 11) is -4.67. The molecule has 7 N–H and O–H groups in total. The summed E-state index contributed by atoms with van der Waals surface area (Å²) in [6, 6.07) is 0. The Morgan fingerprint density at radius 1 is 0.809 bits per heavy atom. The molecule has 10 atom stereocenters. The molecule has 4 rings (SSSR count). The van der Waals surface area contributed by atoms with Gasteiger partial charge in [-0.1, -0.05) is 41.0 Å². The predicted molar refractivity (Wildman–Crippen MR) is 185 cm³/mol. The number of nitrogens with two attached hydrogens (primary N) is 2. The van der Waals surface area contributed by atoms with Crippen LogP contribution in [0.5, 0.6) is 0 Å². The van der Waals surface area contributed by atoms with Crippen LogP contribution in [0.3, 0.4) is 0 Å². The zero-order valence-electron chi connectivity index (χ0n) is 31.7. The molecule has 0 amide bonds. The van der Waals surface area contributed by atoms with E-state index in [1.165, 1.54) is 122 Å². The standard InChI is InChI=1S/C38H73N3O4S.Na/c1-28(2)36(45-46(42,43)44)17-12-29(3)33-15-16-34-32-14-13-31-27-30(18-20-37(31,4)35(32)19-21-38(33,34)5)11-6-7-23-40-24-8-9-25-41-26-10-22-39;/h28-36,40-41H,6-27,39H2,1-5H3,(H,42,43,44);/q;+1/p+2/t29-,30+,31?,32?,33-,34?,35?,36-,37+,38-;/m1./s1. The molecule has 0 heterocycles. The first kappa shape index (κ1) is 42.2. The molecular formula is C38H75N3NaO4S+3. The van der Waals surface area contributed by atoms with Crippen molar-refractivity contribution in [2.45, 2.75) is 150 Å². The third-order valence-corrected chi connectivity index (χ3v) is 14.9. The maximum absolute atomic E-state index is 11.3. The van der Waals surface area contributed by atoms with Crippen LogP contribution in [-0.4, -0.2) is 51.8 Å². The first-order chi connectivity index (χ1) is 21.9. The summed E-state index contributed by atoms with van der Waals surface area (Å²) in [5, 5.41) is 5.03. The molecular weight excluding hydrogens is 617 g/mol. The summed E-state index contributed by atoms with van der Waals surface area (Å²) in [6.07, 6.45) is 22.1. The Balaban J connectivity index is 0.00000600. The smallest absolute Gasteiger partial charge is 0.726 e. The molecule has 4 aliphatic rings. The quantitative estimate of drug-likeness (QED) is 0.0780. The van der Waals surface area contributed by atoms with Gasteiger partial charge < -0.3 is 20.9 Å². The third kappa shape index (κ3) is 11.4. The maximum atomic E-state index is 11.3. The van der Waals surface area contributed by atoms with E-state index in [0.29, 0.717) is 29.1 Å². The topological polar surface area (TPSA) is 127 Å². The van der Waals surface area contributed by atoms with Gasteiger partial charge in [-0.15, -0.1) is 0 Å². The Morgan fingerprint density at radius 2 is 1.43 bits per heavy atom. The van der Waals surface area contributed by atoms with Gasteiger partial charge in [0.2, 0.25) is 10.4 Å². The molecule has 0 aliphatic heterocycles. The van der Waals surface area contributed by atoms with Crippen LogP contribution in [-0.2, 0) is 14.6 Å². The van der Waals surface area contributed by atoms with E-state index < -0.39 is 16.5 Å². The van der Waals surface area contributed by atoms with E-state index in [9.17, 15) is 13.0 Å². The fourth-order valence-electron chi connectivity index (χ4n) is 11.7. The summed E-state index contributed by atoms with van der Waals surface area (Å²) in [5.41, 5.74) is 4.88. The summed E-state index contributed by atoms with van der Waals surface area (Å²) in [4.78, 5) is 0. The van der Waals surface area contributed by atoms with E-state index in [4.69, 9.17) is 4.18 Å². The number of rotatable bonds is 20. The average molecular weight is 693 g/mol. The molecule has 0 aromatic carbocycles. The minimum absolute atomic E-state index is 0. The average Bonchev–Trinajstić information content (AvgIpc) is 3.36. The van der Waals surface area contributed by atoms with Gasteiger partial charge >= 0.3 is 29.6 Å². The number of hydrogen-bond donors (Lipinski definition) is 3. The number of unbranched alkanes of at least 4 members (excludes halogenated alkanes) is 2. The Bertz CT molecular complexity index is 1020. The summed E-state index contributed by atoms with van der Waals surface area (Å²) < 4.78 is 38.9. The van der Waals surface area contributed by atoms with Crippen LogP contribution in [0, 0.1) is 58.2 Å². The normalized spacial score (nSPS) is 35.1. The van der Waals surface area contributed by atoms with Crippen LogP contribution in [0.4, 0.5) is 0 Å². The fourth-order valence-corrected chi connectivity index (χ4v) is 12.4. The summed E-state index contributed by atoms with van der Waals surface area (Å²) >= 11 is 0. The third-order valence-electron chi connectivity index (χ3n) is 14.4. The summed E-state index contributed by atoms with van der Waals surface area (Å²) in [5.74, 6) is 5.80. The maximum Gasteiger partial charge on any atom is 1.00 e. The minimum atomic E-state index is -4.67. The zero-order valence-corrected chi connectivity index (χ0v) is 34.5. The number of hydrogen-bond acceptors (Lipinski definition) is 4. The molecule has 270 valence electrons. The SMILES string of the molecule is CC(C)[C@@H](CC[C@@H](C)[C@H]1CCC2C3CCC4C[C@@H](CCCC[NH2+]CCCC[NH2+]CCC[NH3+])CC[C@]4(C)C3CC[C@@]21C)OS(=O)(=O)[O-].[Na+]. The van der Waals surface area contributed by atoms with Crippen molar-refractivity contribution >= 4 is 10.4 Å². The second-order valence-electron chi connectivity index (χ2n) is 17.5. The second kappa shape index (κ2) is 19.5. The van der Waals surface area contributed by atoms with E-state index >= 15 is 0 Å². The van der Waals surface area contributed by atoms with Crippen molar-refractivity contribution in [3.63, 3.8) is 0 Å². The molecule has 4 fully saturated rings. The van der Waals surface area contributed by atoms with E-state index in [1.54, 1.807) is 0 Å². The monoisotopic (exact) mass is 693 g/mol. The van der Waals surface area contributed by atoms with Crippen LogP contribution in [0.1, 0.15) is 144 Å². The van der Waals surface area contributed by atoms with Gasteiger partial charge in [0.15, 0.2) is 0 Å². The molecule has 0 spiro atoms. The van der Waals surface area contributed by atoms with E-state index in [-0.39, 0.29) is 35.5 Å². The molecule has 0 radical (unpaired) electrons. The molecule has 0 bridgehead atoms. The zero-order chi connectivity index (χ0) is 33.4. The second-order valence-corrected chi connectivity index (χ2v) is 18.5. The Labute approximate surface area is 312 Å².